The molecule has 0 spiro atoms. The number of hydrogen-bond acceptors (Lipinski definition) is 4. The Morgan fingerprint density at radius 2 is 1.67 bits per heavy atom. The Kier molecular flexibility index (Phi) is 8.57. The maximum absolute atomic E-state index is 11.1. The van der Waals surface area contributed by atoms with Crippen molar-refractivity contribution < 1.29 is 23.0 Å². The normalized spacial score (nSPS) is 15.5. The second-order valence-electron chi connectivity index (χ2n) is 4.13. The van der Waals surface area contributed by atoms with E-state index in [2.05, 4.69) is 9.05 Å². The third-order valence-corrected chi connectivity index (χ3v) is 2.46. The van der Waals surface area contributed by atoms with Gasteiger partial charge in [-0.1, -0.05) is 14.4 Å². The van der Waals surface area contributed by atoms with Crippen LogP contribution in [0, 0.1) is 0 Å². The number of likely N-dealkylation sites (N-methyl/N-ethyl adjacent to an activating group) is 1. The van der Waals surface area contributed by atoms with Crippen LogP contribution in [0.15, 0.2) is 0 Å². The van der Waals surface area contributed by atoms with Crippen molar-refractivity contribution >= 4 is 7.82 Å². The molecule has 0 amide bonds. The van der Waals surface area contributed by atoms with E-state index in [-0.39, 0.29) is 20.6 Å². The van der Waals surface area contributed by atoms with Crippen molar-refractivity contribution in [2.45, 2.75) is 20.8 Å². The van der Waals surface area contributed by atoms with Gasteiger partial charge < -0.3 is 18.4 Å². The number of phosphoric ester groups is 1. The predicted octanol–water partition coefficient (Wildman–Crippen LogP) is 1.24. The first kappa shape index (κ1) is 17.5. The quantitative estimate of drug-likeness (QED) is 0.497. The topological polar surface area (TPSA) is 58.6 Å². The number of nitrogens with zero attached hydrogens (tertiary/aromatic N) is 1. The molecule has 0 saturated heterocycles. The molecule has 1 unspecified atom stereocenters. The summed E-state index contributed by atoms with van der Waals surface area (Å²) < 4.78 is 20.9. The molecule has 0 fully saturated rings. The minimum atomic E-state index is -4.06. The molecule has 0 aromatic rings. The van der Waals surface area contributed by atoms with E-state index in [1.165, 1.54) is 0 Å². The number of quaternary nitrogens is 1. The minimum Gasteiger partial charge on any atom is -0.756 e. The lowest BCUT2D eigenvalue weighted by Gasteiger charge is -2.27. The first-order chi connectivity index (χ1) is 6.27. The van der Waals surface area contributed by atoms with Gasteiger partial charge in [0.05, 0.1) is 27.7 Å². The molecule has 0 aliphatic rings. The first-order valence-electron chi connectivity index (χ1n) is 4.67. The van der Waals surface area contributed by atoms with Crippen molar-refractivity contribution in [3.05, 3.63) is 0 Å². The zero-order valence-corrected chi connectivity index (χ0v) is 10.3. The number of hydrogen-bond donors (Lipinski definition) is 0. The molecule has 15 heavy (non-hydrogen) atoms. The van der Waals surface area contributed by atoms with E-state index in [9.17, 15) is 9.46 Å². The highest BCUT2D eigenvalue weighted by molar-refractivity contribution is 7.45. The smallest absolute Gasteiger partial charge is 0.268 e. The van der Waals surface area contributed by atoms with E-state index in [0.29, 0.717) is 17.4 Å². The second-order valence-corrected chi connectivity index (χ2v) is 5.54. The van der Waals surface area contributed by atoms with Crippen molar-refractivity contribution in [1.29, 1.82) is 0 Å². The van der Waals surface area contributed by atoms with Crippen LogP contribution in [0.2, 0.25) is 0 Å². The Hall–Kier alpha value is 0.0700. The lowest BCUT2D eigenvalue weighted by molar-refractivity contribution is -0.870. The fraction of sp³-hybridized carbons (Fsp3) is 1.00. The minimum absolute atomic E-state index is 0. The molecule has 0 aliphatic carbocycles. The van der Waals surface area contributed by atoms with Crippen molar-refractivity contribution in [1.82, 2.24) is 0 Å². The molecule has 0 aromatic carbocycles. The van der Waals surface area contributed by atoms with Crippen LogP contribution in [-0.2, 0) is 13.6 Å². The highest BCUT2D eigenvalue weighted by atomic mass is 31.2. The molecule has 5 nitrogen and oxygen atoms in total. The summed E-state index contributed by atoms with van der Waals surface area (Å²) in [6, 6.07) is 0. The van der Waals surface area contributed by atoms with Gasteiger partial charge in [0.1, 0.15) is 13.2 Å². The molecule has 0 rings (SSSR count). The monoisotopic (exact) mass is 241 g/mol. The van der Waals surface area contributed by atoms with Crippen LogP contribution in [0.1, 0.15) is 20.8 Å². The summed E-state index contributed by atoms with van der Waals surface area (Å²) in [5.41, 5.74) is 0. The standard InChI is InChI=1S/C8H20NO4P.CH4/c1-5-7-12-14(10,11)13-8-6-9(2,3)4;/h5-8H2,1-4H3;1H4. The molecular formula is C9H24NO4P. The SMILES string of the molecule is C.CCCOP(=O)([O-])OCC[N+](C)(C)C. The van der Waals surface area contributed by atoms with Gasteiger partial charge in [0.15, 0.2) is 0 Å². The molecule has 0 bridgehead atoms. The Bertz CT molecular complexity index is 203. The van der Waals surface area contributed by atoms with Gasteiger partial charge in [-0.05, 0) is 6.42 Å². The highest BCUT2D eigenvalue weighted by Gasteiger charge is 2.12. The zero-order valence-electron chi connectivity index (χ0n) is 9.36. The van der Waals surface area contributed by atoms with Gasteiger partial charge in [0, 0.05) is 0 Å². The van der Waals surface area contributed by atoms with Gasteiger partial charge in [-0.25, -0.2) is 0 Å². The van der Waals surface area contributed by atoms with E-state index in [1.54, 1.807) is 0 Å². The Morgan fingerprint density at radius 1 is 1.20 bits per heavy atom. The van der Waals surface area contributed by atoms with Gasteiger partial charge in [0.25, 0.3) is 7.82 Å². The summed E-state index contributed by atoms with van der Waals surface area (Å²) in [6.45, 7) is 2.81. The molecular weight excluding hydrogens is 217 g/mol. The molecule has 0 saturated carbocycles. The first-order valence-corrected chi connectivity index (χ1v) is 6.13. The fourth-order valence-electron chi connectivity index (χ4n) is 0.667. The average Bonchev–Trinajstić information content (AvgIpc) is 1.98. The molecule has 0 aliphatic heterocycles. The maximum Gasteiger partial charge on any atom is 0.268 e. The third kappa shape index (κ3) is 12.0. The molecule has 0 heterocycles. The van der Waals surface area contributed by atoms with Crippen molar-refractivity contribution in [2.24, 2.45) is 0 Å². The lowest BCUT2D eigenvalue weighted by Crippen LogP contribution is -2.37. The fourth-order valence-corrected chi connectivity index (χ4v) is 1.45. The van der Waals surface area contributed by atoms with Crippen molar-refractivity contribution in [2.75, 3.05) is 40.9 Å². The van der Waals surface area contributed by atoms with E-state index in [4.69, 9.17) is 0 Å². The number of rotatable bonds is 7. The molecule has 0 aromatic heterocycles. The van der Waals surface area contributed by atoms with Crippen LogP contribution in [-0.4, -0.2) is 45.4 Å². The second kappa shape index (κ2) is 7.36. The largest absolute Gasteiger partial charge is 0.756 e. The van der Waals surface area contributed by atoms with E-state index in [0.717, 1.165) is 0 Å². The van der Waals surface area contributed by atoms with Crippen LogP contribution in [0.4, 0.5) is 0 Å². The van der Waals surface area contributed by atoms with Gasteiger partial charge in [-0.2, -0.15) is 0 Å². The Morgan fingerprint density at radius 3 is 2.07 bits per heavy atom. The molecule has 6 heteroatoms. The summed E-state index contributed by atoms with van der Waals surface area (Å²) in [4.78, 5) is 11.1. The number of phosphoric acid groups is 1. The molecule has 0 N–H and O–H groups in total. The summed E-state index contributed by atoms with van der Waals surface area (Å²) in [6.07, 6.45) is 0.658. The van der Waals surface area contributed by atoms with Crippen LogP contribution >= 0.6 is 7.82 Å². The van der Waals surface area contributed by atoms with Crippen LogP contribution in [0.3, 0.4) is 0 Å². The van der Waals surface area contributed by atoms with Crippen molar-refractivity contribution in [3.63, 3.8) is 0 Å². The Labute approximate surface area is 93.2 Å². The summed E-state index contributed by atoms with van der Waals surface area (Å²) in [5.74, 6) is 0. The summed E-state index contributed by atoms with van der Waals surface area (Å²) in [5, 5.41) is 0. The Balaban J connectivity index is 0. The van der Waals surface area contributed by atoms with Gasteiger partial charge >= 0.3 is 0 Å². The van der Waals surface area contributed by atoms with Crippen LogP contribution in [0.25, 0.3) is 0 Å². The van der Waals surface area contributed by atoms with Gasteiger partial charge in [0.2, 0.25) is 0 Å². The summed E-state index contributed by atoms with van der Waals surface area (Å²) >= 11 is 0. The van der Waals surface area contributed by atoms with Gasteiger partial charge in [-0.3, -0.25) is 4.57 Å². The molecule has 0 radical (unpaired) electrons. The van der Waals surface area contributed by atoms with E-state index < -0.39 is 7.82 Å². The lowest BCUT2D eigenvalue weighted by atomic mass is 10.5. The van der Waals surface area contributed by atoms with Crippen LogP contribution < -0.4 is 4.89 Å². The molecule has 94 valence electrons. The molecule has 1 atom stereocenters. The maximum atomic E-state index is 11.1. The van der Waals surface area contributed by atoms with E-state index >= 15 is 0 Å². The van der Waals surface area contributed by atoms with Crippen LogP contribution in [0.5, 0.6) is 0 Å². The van der Waals surface area contributed by atoms with E-state index in [1.807, 2.05) is 28.1 Å². The van der Waals surface area contributed by atoms with Crippen molar-refractivity contribution in [3.8, 4) is 0 Å². The summed E-state index contributed by atoms with van der Waals surface area (Å²) in [7, 11) is 1.84. The highest BCUT2D eigenvalue weighted by Crippen LogP contribution is 2.37. The van der Waals surface area contributed by atoms with Gasteiger partial charge in [-0.15, -0.1) is 0 Å². The predicted molar refractivity (Wildman–Crippen MR) is 59.4 cm³/mol. The average molecular weight is 241 g/mol. The zero-order chi connectivity index (χ0) is 11.2. The third-order valence-electron chi connectivity index (χ3n) is 1.47.